The molecular formula is C15H29NO4. The van der Waals surface area contributed by atoms with Crippen molar-refractivity contribution < 1.29 is 19.4 Å². The Kier molecular flexibility index (Phi) is 9.62. The molecule has 118 valence electrons. The Labute approximate surface area is 122 Å². The van der Waals surface area contributed by atoms with Crippen LogP contribution in [0.15, 0.2) is 0 Å². The smallest absolute Gasteiger partial charge is 0.332 e. The minimum Gasteiger partial charge on any atom is -0.479 e. The van der Waals surface area contributed by atoms with Crippen LogP contribution >= 0.6 is 0 Å². The van der Waals surface area contributed by atoms with Gasteiger partial charge in [0.1, 0.15) is 0 Å². The molecule has 5 heteroatoms. The fourth-order valence-electron chi connectivity index (χ4n) is 2.26. The van der Waals surface area contributed by atoms with Gasteiger partial charge in [0.05, 0.1) is 0 Å². The maximum Gasteiger partial charge on any atom is 0.332 e. The number of carbonyl (C=O) groups is 1. The molecule has 0 spiro atoms. The first-order chi connectivity index (χ1) is 9.74. The maximum atomic E-state index is 11.2. The number of hydrogen-bond acceptors (Lipinski definition) is 4. The van der Waals surface area contributed by atoms with E-state index in [1.807, 2.05) is 0 Å². The molecule has 0 aromatic carbocycles. The second-order valence-electron chi connectivity index (χ2n) is 5.36. The van der Waals surface area contributed by atoms with Gasteiger partial charge in [0.2, 0.25) is 0 Å². The quantitative estimate of drug-likeness (QED) is 0.572. The van der Waals surface area contributed by atoms with E-state index >= 15 is 0 Å². The number of carboxylic acids is 1. The molecule has 1 aliphatic rings. The third-order valence-corrected chi connectivity index (χ3v) is 3.51. The van der Waals surface area contributed by atoms with E-state index in [1.54, 1.807) is 0 Å². The molecule has 2 unspecified atom stereocenters. The lowest BCUT2D eigenvalue weighted by Gasteiger charge is -2.25. The summed E-state index contributed by atoms with van der Waals surface area (Å²) in [6, 6.07) is 0. The molecule has 5 nitrogen and oxygen atoms in total. The Bertz CT molecular complexity index is 254. The Morgan fingerprint density at radius 2 is 2.15 bits per heavy atom. The summed E-state index contributed by atoms with van der Waals surface area (Å²) in [5.74, 6) is -0.877. The number of aliphatic carboxylic acids is 1. The highest BCUT2D eigenvalue weighted by Crippen LogP contribution is 2.17. The third kappa shape index (κ3) is 7.82. The van der Waals surface area contributed by atoms with E-state index in [0.29, 0.717) is 13.0 Å². The number of ether oxygens (including phenoxy) is 2. The summed E-state index contributed by atoms with van der Waals surface area (Å²) in [5, 5.41) is 12.5. The van der Waals surface area contributed by atoms with E-state index in [0.717, 1.165) is 45.2 Å². The molecule has 1 heterocycles. The molecule has 0 bridgehead atoms. The van der Waals surface area contributed by atoms with Crippen molar-refractivity contribution >= 4 is 5.97 Å². The van der Waals surface area contributed by atoms with Crippen molar-refractivity contribution in [2.75, 3.05) is 19.7 Å². The van der Waals surface area contributed by atoms with Crippen molar-refractivity contribution in [1.82, 2.24) is 5.32 Å². The normalized spacial score (nSPS) is 20.8. The van der Waals surface area contributed by atoms with Crippen LogP contribution in [-0.4, -0.2) is 43.2 Å². The summed E-state index contributed by atoms with van der Waals surface area (Å²) in [6.07, 6.45) is 6.65. The summed E-state index contributed by atoms with van der Waals surface area (Å²) >= 11 is 0. The number of nitrogens with one attached hydrogen (secondary N) is 1. The van der Waals surface area contributed by atoms with Crippen molar-refractivity contribution in [2.45, 2.75) is 70.7 Å². The minimum atomic E-state index is -0.877. The van der Waals surface area contributed by atoms with Crippen LogP contribution in [0.2, 0.25) is 0 Å². The molecule has 0 radical (unpaired) electrons. The van der Waals surface area contributed by atoms with E-state index in [1.165, 1.54) is 12.8 Å². The lowest BCUT2D eigenvalue weighted by Crippen LogP contribution is -2.33. The summed E-state index contributed by atoms with van der Waals surface area (Å²) < 4.78 is 11.0. The Hall–Kier alpha value is -0.650. The van der Waals surface area contributed by atoms with Crippen LogP contribution in [0.25, 0.3) is 0 Å². The van der Waals surface area contributed by atoms with E-state index in [4.69, 9.17) is 9.47 Å². The van der Waals surface area contributed by atoms with Crippen LogP contribution in [0.5, 0.6) is 0 Å². The molecule has 2 atom stereocenters. The third-order valence-electron chi connectivity index (χ3n) is 3.51. The molecule has 0 aromatic rings. The van der Waals surface area contributed by atoms with Gasteiger partial charge >= 0.3 is 5.97 Å². The first kappa shape index (κ1) is 17.4. The lowest BCUT2D eigenvalue weighted by atomic mass is 10.1. The Morgan fingerprint density at radius 3 is 2.80 bits per heavy atom. The molecular weight excluding hydrogens is 258 g/mol. The average Bonchev–Trinajstić information content (AvgIpc) is 2.46. The van der Waals surface area contributed by atoms with Gasteiger partial charge in [-0.05, 0) is 58.0 Å². The van der Waals surface area contributed by atoms with E-state index < -0.39 is 12.1 Å². The maximum absolute atomic E-state index is 11.2. The fourth-order valence-corrected chi connectivity index (χ4v) is 2.26. The zero-order valence-electron chi connectivity index (χ0n) is 12.6. The molecule has 1 fully saturated rings. The predicted octanol–water partition coefficient (Wildman–Crippen LogP) is 2.54. The largest absolute Gasteiger partial charge is 0.479 e. The molecule has 0 aliphatic carbocycles. The lowest BCUT2D eigenvalue weighted by molar-refractivity contribution is -0.201. The van der Waals surface area contributed by atoms with Gasteiger partial charge in [-0.2, -0.15) is 0 Å². The second-order valence-corrected chi connectivity index (χ2v) is 5.36. The van der Waals surface area contributed by atoms with E-state index in [2.05, 4.69) is 12.2 Å². The van der Waals surface area contributed by atoms with Gasteiger partial charge in [-0.15, -0.1) is 0 Å². The number of carboxylic acid groups (broad SMARTS) is 1. The van der Waals surface area contributed by atoms with Crippen molar-refractivity contribution in [3.05, 3.63) is 0 Å². The first-order valence-corrected chi connectivity index (χ1v) is 7.94. The van der Waals surface area contributed by atoms with Crippen molar-refractivity contribution in [3.8, 4) is 0 Å². The number of rotatable bonds is 11. The molecule has 0 amide bonds. The molecule has 0 aromatic heterocycles. The van der Waals surface area contributed by atoms with Gasteiger partial charge in [0, 0.05) is 6.61 Å². The van der Waals surface area contributed by atoms with Gasteiger partial charge in [-0.1, -0.05) is 13.3 Å². The summed E-state index contributed by atoms with van der Waals surface area (Å²) in [4.78, 5) is 11.2. The second kappa shape index (κ2) is 11.1. The Morgan fingerprint density at radius 1 is 1.35 bits per heavy atom. The predicted molar refractivity (Wildman–Crippen MR) is 77.7 cm³/mol. The molecule has 1 saturated heterocycles. The minimum absolute atomic E-state index is 0.326. The zero-order chi connectivity index (χ0) is 14.6. The van der Waals surface area contributed by atoms with Crippen LogP contribution in [0.3, 0.4) is 0 Å². The summed E-state index contributed by atoms with van der Waals surface area (Å²) in [6.45, 7) is 4.85. The first-order valence-electron chi connectivity index (χ1n) is 7.94. The summed E-state index contributed by atoms with van der Waals surface area (Å²) in [5.41, 5.74) is 0. The zero-order valence-corrected chi connectivity index (χ0v) is 12.6. The van der Waals surface area contributed by atoms with Gasteiger partial charge < -0.3 is 19.9 Å². The van der Waals surface area contributed by atoms with Crippen molar-refractivity contribution in [3.63, 3.8) is 0 Å². The SMILES string of the molecule is CCCCNCCCCC(OC1CCCCO1)C(=O)O. The topological polar surface area (TPSA) is 67.8 Å². The van der Waals surface area contributed by atoms with Gasteiger partial charge in [0.25, 0.3) is 0 Å². The fraction of sp³-hybridized carbons (Fsp3) is 0.933. The average molecular weight is 287 g/mol. The summed E-state index contributed by atoms with van der Waals surface area (Å²) in [7, 11) is 0. The molecule has 1 aliphatic heterocycles. The monoisotopic (exact) mass is 287 g/mol. The van der Waals surface area contributed by atoms with Crippen molar-refractivity contribution in [1.29, 1.82) is 0 Å². The molecule has 20 heavy (non-hydrogen) atoms. The Balaban J connectivity index is 2.10. The van der Waals surface area contributed by atoms with Crippen LogP contribution < -0.4 is 5.32 Å². The highest BCUT2D eigenvalue weighted by molar-refractivity contribution is 5.72. The van der Waals surface area contributed by atoms with Gasteiger partial charge in [-0.25, -0.2) is 4.79 Å². The van der Waals surface area contributed by atoms with Crippen LogP contribution in [0.1, 0.15) is 58.3 Å². The highest BCUT2D eigenvalue weighted by atomic mass is 16.7. The molecule has 2 N–H and O–H groups in total. The van der Waals surface area contributed by atoms with Crippen LogP contribution in [0.4, 0.5) is 0 Å². The van der Waals surface area contributed by atoms with E-state index in [9.17, 15) is 9.90 Å². The number of hydrogen-bond donors (Lipinski definition) is 2. The standard InChI is InChI=1S/C15H29NO4/c1-2-3-10-16-11-6-4-8-13(15(17)18)20-14-9-5-7-12-19-14/h13-14,16H,2-12H2,1H3,(H,17,18). The highest BCUT2D eigenvalue weighted by Gasteiger charge is 2.24. The van der Waals surface area contributed by atoms with E-state index in [-0.39, 0.29) is 6.29 Å². The van der Waals surface area contributed by atoms with Gasteiger partial charge in [-0.3, -0.25) is 0 Å². The van der Waals surface area contributed by atoms with Gasteiger partial charge in [0.15, 0.2) is 12.4 Å². The van der Waals surface area contributed by atoms with Crippen LogP contribution in [0, 0.1) is 0 Å². The van der Waals surface area contributed by atoms with Crippen molar-refractivity contribution in [2.24, 2.45) is 0 Å². The molecule has 1 rings (SSSR count). The van der Waals surface area contributed by atoms with Crippen LogP contribution in [-0.2, 0) is 14.3 Å². The molecule has 0 saturated carbocycles. The number of unbranched alkanes of at least 4 members (excludes halogenated alkanes) is 2.